The summed E-state index contributed by atoms with van der Waals surface area (Å²) in [5.74, 6) is 0.585. The highest BCUT2D eigenvalue weighted by Gasteiger charge is 2.13. The number of halogens is 1. The molecule has 0 atom stereocenters. The molecule has 2 aromatic carbocycles. The molecule has 0 aliphatic carbocycles. The van der Waals surface area contributed by atoms with Crippen LogP contribution in [0.3, 0.4) is 0 Å². The largest absolute Gasteiger partial charge is 0.504 e. The Morgan fingerprint density at radius 3 is 2.43 bits per heavy atom. The van der Waals surface area contributed by atoms with E-state index in [0.29, 0.717) is 16.9 Å². The number of methoxy groups -OCH3 is 2. The molecule has 0 fully saturated rings. The van der Waals surface area contributed by atoms with Crippen molar-refractivity contribution in [2.24, 2.45) is 0 Å². The predicted molar refractivity (Wildman–Crippen MR) is 86.6 cm³/mol. The summed E-state index contributed by atoms with van der Waals surface area (Å²) in [6.07, 6.45) is 3.30. The van der Waals surface area contributed by atoms with Gasteiger partial charge in [-0.05, 0) is 48.0 Å². The van der Waals surface area contributed by atoms with E-state index in [1.807, 2.05) is 24.3 Å². The highest BCUT2D eigenvalue weighted by Crippen LogP contribution is 2.23. The van der Waals surface area contributed by atoms with E-state index in [1.54, 1.807) is 44.8 Å². The summed E-state index contributed by atoms with van der Waals surface area (Å²) in [6, 6.07) is 12.6. The number of hydrogen-bond donors (Lipinski definition) is 0. The Kier molecular flexibility index (Phi) is 5.17. The Morgan fingerprint density at radius 1 is 1.10 bits per heavy atom. The van der Waals surface area contributed by atoms with E-state index in [2.05, 4.69) is 15.9 Å². The fourth-order valence-electron chi connectivity index (χ4n) is 1.90. The second-order valence-electron chi connectivity index (χ2n) is 4.33. The fraction of sp³-hybridized carbons (Fsp3) is 0.118. The van der Waals surface area contributed by atoms with Crippen molar-refractivity contribution in [3.8, 4) is 5.75 Å². The van der Waals surface area contributed by atoms with Gasteiger partial charge in [-0.25, -0.2) is 0 Å². The van der Waals surface area contributed by atoms with E-state index in [4.69, 9.17) is 9.47 Å². The number of carbonyl (C=O) groups is 1. The number of ketones is 1. The number of carbonyl (C=O) groups excluding carboxylic acids is 1. The van der Waals surface area contributed by atoms with Gasteiger partial charge in [-0.15, -0.1) is 0 Å². The molecule has 21 heavy (non-hydrogen) atoms. The van der Waals surface area contributed by atoms with Crippen molar-refractivity contribution in [2.75, 3.05) is 14.2 Å². The highest BCUT2D eigenvalue weighted by molar-refractivity contribution is 9.10. The van der Waals surface area contributed by atoms with Crippen LogP contribution in [0.2, 0.25) is 0 Å². The van der Waals surface area contributed by atoms with Gasteiger partial charge >= 0.3 is 0 Å². The molecule has 0 unspecified atom stereocenters. The van der Waals surface area contributed by atoms with Crippen LogP contribution < -0.4 is 4.74 Å². The minimum Gasteiger partial charge on any atom is -0.504 e. The summed E-state index contributed by atoms with van der Waals surface area (Å²) >= 11 is 3.36. The molecule has 0 aliphatic heterocycles. The SMILES string of the molecule is CO/C=C/c1ccc(OC)cc1C(=O)c1ccc(Br)cc1. The van der Waals surface area contributed by atoms with E-state index in [0.717, 1.165) is 10.0 Å². The number of ether oxygens (including phenoxy) is 2. The molecule has 2 rings (SSSR count). The van der Waals surface area contributed by atoms with Gasteiger partial charge in [-0.1, -0.05) is 22.0 Å². The van der Waals surface area contributed by atoms with Crippen molar-refractivity contribution in [2.45, 2.75) is 0 Å². The average molecular weight is 347 g/mol. The lowest BCUT2D eigenvalue weighted by Crippen LogP contribution is -2.04. The highest BCUT2D eigenvalue weighted by atomic mass is 79.9. The van der Waals surface area contributed by atoms with Gasteiger partial charge in [0.15, 0.2) is 5.78 Å². The van der Waals surface area contributed by atoms with E-state index in [9.17, 15) is 4.79 Å². The first kappa shape index (κ1) is 15.3. The first-order chi connectivity index (χ1) is 10.2. The molecule has 0 saturated heterocycles. The van der Waals surface area contributed by atoms with Crippen LogP contribution in [-0.4, -0.2) is 20.0 Å². The van der Waals surface area contributed by atoms with Gasteiger partial charge in [0, 0.05) is 15.6 Å². The molecule has 0 amide bonds. The molecule has 0 radical (unpaired) electrons. The van der Waals surface area contributed by atoms with Crippen LogP contribution in [0.25, 0.3) is 6.08 Å². The first-order valence-corrected chi connectivity index (χ1v) is 7.12. The number of rotatable bonds is 5. The van der Waals surface area contributed by atoms with Gasteiger partial charge in [0.2, 0.25) is 0 Å². The van der Waals surface area contributed by atoms with Gasteiger partial charge < -0.3 is 9.47 Å². The van der Waals surface area contributed by atoms with Crippen LogP contribution in [0.15, 0.2) is 53.2 Å². The Labute approximate surface area is 132 Å². The molecule has 0 bridgehead atoms. The molecule has 0 saturated carbocycles. The van der Waals surface area contributed by atoms with E-state index >= 15 is 0 Å². The molecule has 0 aliphatic rings. The first-order valence-electron chi connectivity index (χ1n) is 6.33. The third-order valence-electron chi connectivity index (χ3n) is 3.00. The van der Waals surface area contributed by atoms with Gasteiger partial charge in [0.05, 0.1) is 20.5 Å². The van der Waals surface area contributed by atoms with Crippen LogP contribution >= 0.6 is 15.9 Å². The number of hydrogen-bond acceptors (Lipinski definition) is 3. The van der Waals surface area contributed by atoms with Crippen molar-refractivity contribution >= 4 is 27.8 Å². The zero-order chi connectivity index (χ0) is 15.2. The summed E-state index contributed by atoms with van der Waals surface area (Å²) in [5, 5.41) is 0. The third-order valence-corrected chi connectivity index (χ3v) is 3.52. The van der Waals surface area contributed by atoms with Crippen molar-refractivity contribution < 1.29 is 14.3 Å². The smallest absolute Gasteiger partial charge is 0.193 e. The lowest BCUT2D eigenvalue weighted by Gasteiger charge is -2.08. The fourth-order valence-corrected chi connectivity index (χ4v) is 2.17. The van der Waals surface area contributed by atoms with Crippen molar-refractivity contribution in [3.63, 3.8) is 0 Å². The molecule has 3 nitrogen and oxygen atoms in total. The molecule has 0 heterocycles. The maximum absolute atomic E-state index is 12.7. The van der Waals surface area contributed by atoms with Gasteiger partial charge in [0.25, 0.3) is 0 Å². The zero-order valence-electron chi connectivity index (χ0n) is 11.8. The van der Waals surface area contributed by atoms with E-state index < -0.39 is 0 Å². The topological polar surface area (TPSA) is 35.5 Å². The quantitative estimate of drug-likeness (QED) is 0.597. The maximum atomic E-state index is 12.7. The maximum Gasteiger partial charge on any atom is 0.193 e. The summed E-state index contributed by atoms with van der Waals surface area (Å²) in [4.78, 5) is 12.7. The van der Waals surface area contributed by atoms with Crippen LogP contribution in [0.5, 0.6) is 5.75 Å². The van der Waals surface area contributed by atoms with Crippen LogP contribution in [-0.2, 0) is 4.74 Å². The predicted octanol–water partition coefficient (Wildman–Crippen LogP) is 4.31. The van der Waals surface area contributed by atoms with Gasteiger partial charge in [0.1, 0.15) is 5.75 Å². The lowest BCUT2D eigenvalue weighted by atomic mass is 9.98. The Bertz CT molecular complexity index is 660. The molecule has 0 spiro atoms. The summed E-state index contributed by atoms with van der Waals surface area (Å²) in [7, 11) is 3.14. The van der Waals surface area contributed by atoms with Crippen molar-refractivity contribution in [3.05, 3.63) is 69.9 Å². The van der Waals surface area contributed by atoms with Gasteiger partial charge in [-0.3, -0.25) is 4.79 Å². The minimum absolute atomic E-state index is 0.0582. The standard InChI is InChI=1S/C17H15BrO3/c1-20-10-9-12-5-8-15(21-2)11-16(12)17(19)13-3-6-14(18)7-4-13/h3-11H,1-2H3/b10-9+. The lowest BCUT2D eigenvalue weighted by molar-refractivity contribution is 0.103. The normalized spacial score (nSPS) is 10.6. The summed E-state index contributed by atoms with van der Waals surface area (Å²) < 4.78 is 11.1. The zero-order valence-corrected chi connectivity index (χ0v) is 13.4. The number of benzene rings is 2. The van der Waals surface area contributed by atoms with Crippen LogP contribution in [0.1, 0.15) is 21.5 Å². The summed E-state index contributed by atoms with van der Waals surface area (Å²) in [5.41, 5.74) is 1.98. The molecule has 0 N–H and O–H groups in total. The Morgan fingerprint density at radius 2 is 1.81 bits per heavy atom. The van der Waals surface area contributed by atoms with E-state index in [1.165, 1.54) is 0 Å². The summed E-state index contributed by atoms with van der Waals surface area (Å²) in [6.45, 7) is 0. The average Bonchev–Trinajstić information content (AvgIpc) is 2.53. The van der Waals surface area contributed by atoms with Crippen LogP contribution in [0, 0.1) is 0 Å². The molecule has 108 valence electrons. The molecule has 0 aromatic heterocycles. The van der Waals surface area contributed by atoms with E-state index in [-0.39, 0.29) is 5.78 Å². The van der Waals surface area contributed by atoms with Crippen molar-refractivity contribution in [1.29, 1.82) is 0 Å². The molecular formula is C17H15BrO3. The second kappa shape index (κ2) is 7.09. The van der Waals surface area contributed by atoms with Crippen LogP contribution in [0.4, 0.5) is 0 Å². The minimum atomic E-state index is -0.0582. The molecule has 2 aromatic rings. The third kappa shape index (κ3) is 3.73. The van der Waals surface area contributed by atoms with Gasteiger partial charge in [-0.2, -0.15) is 0 Å². The van der Waals surface area contributed by atoms with Crippen molar-refractivity contribution in [1.82, 2.24) is 0 Å². The Balaban J connectivity index is 2.46. The second-order valence-corrected chi connectivity index (χ2v) is 5.24. The molecule has 4 heteroatoms. The Hall–Kier alpha value is -2.07. The monoisotopic (exact) mass is 346 g/mol. The molecular weight excluding hydrogens is 332 g/mol.